The number of ether oxygens (including phenoxy) is 1. The molecule has 194 valence electrons. The SMILES string of the molecule is CC(=O)NC[C@H]1CN(c2ccc(N3CCN(C(=O)/C=C(/C(=O)O)c4ccccc4)CC3)c(F)c2)C(=O)O1. The molecule has 11 heteroatoms. The number of piperazine rings is 1. The number of aliphatic carboxylic acids is 1. The zero-order valence-electron chi connectivity index (χ0n) is 20.2. The molecular formula is C26H27FN4O6. The van der Waals surface area contributed by atoms with Gasteiger partial charge in [-0.3, -0.25) is 14.5 Å². The van der Waals surface area contributed by atoms with Crippen molar-refractivity contribution in [2.75, 3.05) is 49.1 Å². The molecule has 0 aromatic heterocycles. The maximum atomic E-state index is 15.0. The van der Waals surface area contributed by atoms with Crippen molar-refractivity contribution in [2.24, 2.45) is 0 Å². The van der Waals surface area contributed by atoms with Crippen LogP contribution in [0.2, 0.25) is 0 Å². The maximum absolute atomic E-state index is 15.0. The summed E-state index contributed by atoms with van der Waals surface area (Å²) in [4.78, 5) is 52.4. The Labute approximate surface area is 212 Å². The predicted molar refractivity (Wildman–Crippen MR) is 134 cm³/mol. The van der Waals surface area contributed by atoms with E-state index in [4.69, 9.17) is 4.74 Å². The number of cyclic esters (lactones) is 1. The van der Waals surface area contributed by atoms with Gasteiger partial charge < -0.3 is 25.0 Å². The van der Waals surface area contributed by atoms with Gasteiger partial charge in [0.15, 0.2) is 0 Å². The van der Waals surface area contributed by atoms with Crippen molar-refractivity contribution in [3.63, 3.8) is 0 Å². The first-order valence-electron chi connectivity index (χ1n) is 11.8. The van der Waals surface area contributed by atoms with Gasteiger partial charge in [0.25, 0.3) is 0 Å². The van der Waals surface area contributed by atoms with E-state index in [2.05, 4.69) is 5.32 Å². The molecule has 0 unspecified atom stereocenters. The lowest BCUT2D eigenvalue weighted by Gasteiger charge is -2.36. The summed E-state index contributed by atoms with van der Waals surface area (Å²) < 4.78 is 20.3. The van der Waals surface area contributed by atoms with Crippen molar-refractivity contribution in [3.05, 3.63) is 66.0 Å². The highest BCUT2D eigenvalue weighted by Gasteiger charge is 2.33. The van der Waals surface area contributed by atoms with Crippen LogP contribution in [-0.2, 0) is 19.1 Å². The van der Waals surface area contributed by atoms with Crippen LogP contribution in [0.3, 0.4) is 0 Å². The monoisotopic (exact) mass is 510 g/mol. The molecule has 0 saturated carbocycles. The molecule has 2 saturated heterocycles. The highest BCUT2D eigenvalue weighted by molar-refractivity contribution is 6.20. The van der Waals surface area contributed by atoms with E-state index in [1.54, 1.807) is 47.4 Å². The summed E-state index contributed by atoms with van der Waals surface area (Å²) in [7, 11) is 0. The van der Waals surface area contributed by atoms with E-state index < -0.39 is 29.9 Å². The predicted octanol–water partition coefficient (Wildman–Crippen LogP) is 2.10. The summed E-state index contributed by atoms with van der Waals surface area (Å²) >= 11 is 0. The van der Waals surface area contributed by atoms with Crippen molar-refractivity contribution < 1.29 is 33.4 Å². The Bertz CT molecular complexity index is 1230. The standard InChI is InChI=1S/C26H27FN4O6/c1-17(32)28-15-20-16-31(26(36)37-20)19-7-8-23(22(27)13-19)29-9-11-30(12-10-29)24(33)14-21(25(34)35)18-5-3-2-4-6-18/h2-8,13-14,20H,9-12,15-16H2,1H3,(H,28,32)(H,34,35)/b21-14+/t20-/m0/s1. The number of rotatable bonds is 7. The molecule has 2 aliphatic heterocycles. The number of carboxylic acids is 1. The molecule has 37 heavy (non-hydrogen) atoms. The molecule has 2 aromatic carbocycles. The minimum Gasteiger partial charge on any atom is -0.478 e. The van der Waals surface area contributed by atoms with E-state index in [-0.39, 0.29) is 24.6 Å². The highest BCUT2D eigenvalue weighted by Crippen LogP contribution is 2.28. The van der Waals surface area contributed by atoms with Gasteiger partial charge in [-0.05, 0) is 23.8 Å². The normalized spacial score (nSPS) is 18.0. The van der Waals surface area contributed by atoms with Crippen molar-refractivity contribution >= 4 is 40.8 Å². The molecule has 2 N–H and O–H groups in total. The second-order valence-corrected chi connectivity index (χ2v) is 8.73. The van der Waals surface area contributed by atoms with Crippen LogP contribution in [0, 0.1) is 5.82 Å². The highest BCUT2D eigenvalue weighted by atomic mass is 19.1. The lowest BCUT2D eigenvalue weighted by Crippen LogP contribution is -2.48. The quantitative estimate of drug-likeness (QED) is 0.548. The summed E-state index contributed by atoms with van der Waals surface area (Å²) in [5.41, 5.74) is 1.03. The lowest BCUT2D eigenvalue weighted by atomic mass is 10.1. The van der Waals surface area contributed by atoms with Crippen LogP contribution in [0.4, 0.5) is 20.6 Å². The third kappa shape index (κ3) is 6.05. The second kappa shape index (κ2) is 11.1. The molecule has 3 amide bonds. The van der Waals surface area contributed by atoms with Gasteiger partial charge in [-0.2, -0.15) is 0 Å². The third-order valence-corrected chi connectivity index (χ3v) is 6.21. The largest absolute Gasteiger partial charge is 0.478 e. The lowest BCUT2D eigenvalue weighted by molar-refractivity contribution is -0.131. The Balaban J connectivity index is 1.38. The van der Waals surface area contributed by atoms with Gasteiger partial charge in [-0.15, -0.1) is 0 Å². The molecule has 0 aliphatic carbocycles. The molecule has 10 nitrogen and oxygen atoms in total. The van der Waals surface area contributed by atoms with Crippen molar-refractivity contribution in [2.45, 2.75) is 13.0 Å². The number of halogens is 1. The fourth-order valence-corrected chi connectivity index (χ4v) is 4.29. The Hall–Kier alpha value is -4.41. The molecule has 2 heterocycles. The van der Waals surface area contributed by atoms with E-state index in [9.17, 15) is 24.3 Å². The van der Waals surface area contributed by atoms with Gasteiger partial charge in [0, 0.05) is 39.2 Å². The Morgan fingerprint density at radius 1 is 1.11 bits per heavy atom. The van der Waals surface area contributed by atoms with E-state index in [0.717, 1.165) is 6.08 Å². The average molecular weight is 511 g/mol. The van der Waals surface area contributed by atoms with E-state index in [1.807, 2.05) is 0 Å². The van der Waals surface area contributed by atoms with Crippen LogP contribution >= 0.6 is 0 Å². The smallest absolute Gasteiger partial charge is 0.414 e. The summed E-state index contributed by atoms with van der Waals surface area (Å²) in [6, 6.07) is 12.9. The number of nitrogens with zero attached hydrogens (tertiary/aromatic N) is 3. The third-order valence-electron chi connectivity index (χ3n) is 6.21. The first kappa shape index (κ1) is 25.7. The average Bonchev–Trinajstić information content (AvgIpc) is 3.26. The van der Waals surface area contributed by atoms with Gasteiger partial charge >= 0.3 is 12.1 Å². The molecule has 2 aliphatic rings. The molecule has 0 radical (unpaired) electrons. The van der Waals surface area contributed by atoms with Crippen molar-refractivity contribution in [1.29, 1.82) is 0 Å². The molecule has 1 atom stereocenters. The number of amides is 3. The molecule has 0 bridgehead atoms. The van der Waals surface area contributed by atoms with Gasteiger partial charge in [-0.1, -0.05) is 30.3 Å². The number of anilines is 2. The molecule has 4 rings (SSSR count). The molecule has 2 fully saturated rings. The number of carbonyl (C=O) groups excluding carboxylic acids is 3. The van der Waals surface area contributed by atoms with Crippen LogP contribution < -0.4 is 15.1 Å². The van der Waals surface area contributed by atoms with Crippen LogP contribution in [0.5, 0.6) is 0 Å². The van der Waals surface area contributed by atoms with E-state index in [0.29, 0.717) is 43.1 Å². The first-order valence-corrected chi connectivity index (χ1v) is 11.8. The van der Waals surface area contributed by atoms with Crippen LogP contribution in [-0.4, -0.2) is 79.3 Å². The first-order chi connectivity index (χ1) is 17.7. The van der Waals surface area contributed by atoms with Crippen LogP contribution in [0.25, 0.3) is 5.57 Å². The number of nitrogens with one attached hydrogen (secondary N) is 1. The zero-order chi connectivity index (χ0) is 26.5. The minimum atomic E-state index is -1.19. The number of hydrogen-bond acceptors (Lipinski definition) is 6. The minimum absolute atomic E-state index is 0.0885. The Morgan fingerprint density at radius 2 is 1.81 bits per heavy atom. The van der Waals surface area contributed by atoms with Crippen LogP contribution in [0.1, 0.15) is 12.5 Å². The Morgan fingerprint density at radius 3 is 2.43 bits per heavy atom. The molecule has 2 aromatic rings. The number of carboxylic acid groups (broad SMARTS) is 1. The van der Waals surface area contributed by atoms with Crippen molar-refractivity contribution in [1.82, 2.24) is 10.2 Å². The number of benzene rings is 2. The summed E-state index contributed by atoms with van der Waals surface area (Å²) in [6.45, 7) is 3.03. The maximum Gasteiger partial charge on any atom is 0.414 e. The number of carbonyl (C=O) groups is 4. The fourth-order valence-electron chi connectivity index (χ4n) is 4.29. The van der Waals surface area contributed by atoms with E-state index in [1.165, 1.54) is 22.8 Å². The van der Waals surface area contributed by atoms with Gasteiger partial charge in [0.2, 0.25) is 11.8 Å². The van der Waals surface area contributed by atoms with Gasteiger partial charge in [0.1, 0.15) is 11.9 Å². The fraction of sp³-hybridized carbons (Fsp3) is 0.308. The van der Waals surface area contributed by atoms with Crippen molar-refractivity contribution in [3.8, 4) is 0 Å². The van der Waals surface area contributed by atoms with Gasteiger partial charge in [0.05, 0.1) is 30.0 Å². The summed E-state index contributed by atoms with van der Waals surface area (Å²) in [5, 5.41) is 12.1. The van der Waals surface area contributed by atoms with Gasteiger partial charge in [-0.25, -0.2) is 14.0 Å². The molecule has 0 spiro atoms. The second-order valence-electron chi connectivity index (χ2n) is 8.73. The Kier molecular flexibility index (Phi) is 7.71. The summed E-state index contributed by atoms with van der Waals surface area (Å²) in [6.07, 6.45) is -0.0157. The number of hydrogen-bond donors (Lipinski definition) is 2. The molecular weight excluding hydrogens is 483 g/mol. The summed E-state index contributed by atoms with van der Waals surface area (Å²) in [5.74, 6) is -2.37. The topological polar surface area (TPSA) is 119 Å². The van der Waals surface area contributed by atoms with Crippen LogP contribution in [0.15, 0.2) is 54.6 Å². The zero-order valence-corrected chi connectivity index (χ0v) is 20.2. The van der Waals surface area contributed by atoms with E-state index >= 15 is 4.39 Å².